The molecule has 1 amide bonds. The maximum atomic E-state index is 12.9. The average Bonchev–Trinajstić information content (AvgIpc) is 2.45. The van der Waals surface area contributed by atoms with E-state index < -0.39 is 23.5 Å². The molecule has 0 spiro atoms. The standard InChI is InChI=1S/C15H11FN2O2/c16-11-6-7-12(14(19)8-11)15(20)18-13(9-17)10-4-2-1-3-5-10/h1-8,13,19H,(H,18,20). The van der Waals surface area contributed by atoms with E-state index in [0.717, 1.165) is 12.1 Å². The summed E-state index contributed by atoms with van der Waals surface area (Å²) in [6.45, 7) is 0. The Balaban J connectivity index is 2.20. The first kappa shape index (κ1) is 13.6. The molecule has 0 saturated carbocycles. The molecule has 2 rings (SSSR count). The smallest absolute Gasteiger partial charge is 0.256 e. The molecule has 0 aliphatic rings. The fourth-order valence-corrected chi connectivity index (χ4v) is 1.74. The van der Waals surface area contributed by atoms with Gasteiger partial charge in [0.1, 0.15) is 17.6 Å². The number of benzene rings is 2. The van der Waals surface area contributed by atoms with Crippen LogP contribution < -0.4 is 5.32 Å². The van der Waals surface area contributed by atoms with Crippen LogP contribution in [-0.4, -0.2) is 11.0 Å². The topological polar surface area (TPSA) is 73.1 Å². The highest BCUT2D eigenvalue weighted by Gasteiger charge is 2.17. The maximum absolute atomic E-state index is 12.9. The molecule has 1 unspecified atom stereocenters. The first-order valence-corrected chi connectivity index (χ1v) is 5.86. The molecule has 100 valence electrons. The van der Waals surface area contributed by atoms with Crippen LogP contribution in [0.3, 0.4) is 0 Å². The number of aromatic hydroxyl groups is 1. The van der Waals surface area contributed by atoms with Crippen LogP contribution in [0, 0.1) is 17.1 Å². The largest absolute Gasteiger partial charge is 0.507 e. The quantitative estimate of drug-likeness (QED) is 0.900. The van der Waals surface area contributed by atoms with Gasteiger partial charge in [0.15, 0.2) is 0 Å². The Morgan fingerprint density at radius 2 is 1.95 bits per heavy atom. The van der Waals surface area contributed by atoms with Crippen LogP contribution in [0.4, 0.5) is 4.39 Å². The van der Waals surface area contributed by atoms with E-state index in [1.807, 2.05) is 6.07 Å². The van der Waals surface area contributed by atoms with Gasteiger partial charge in [-0.05, 0) is 17.7 Å². The molecule has 0 saturated heterocycles. The summed E-state index contributed by atoms with van der Waals surface area (Å²) in [7, 11) is 0. The van der Waals surface area contributed by atoms with Crippen molar-refractivity contribution in [1.82, 2.24) is 5.32 Å². The van der Waals surface area contributed by atoms with Gasteiger partial charge in [0.2, 0.25) is 0 Å². The second-order valence-electron chi connectivity index (χ2n) is 4.11. The summed E-state index contributed by atoms with van der Waals surface area (Å²) in [5.74, 6) is -1.75. The highest BCUT2D eigenvalue weighted by molar-refractivity contribution is 5.97. The van der Waals surface area contributed by atoms with E-state index in [9.17, 15) is 14.3 Å². The summed E-state index contributed by atoms with van der Waals surface area (Å²) in [5, 5.41) is 21.1. The summed E-state index contributed by atoms with van der Waals surface area (Å²) in [4.78, 5) is 12.0. The van der Waals surface area contributed by atoms with Gasteiger partial charge in [0.05, 0.1) is 11.6 Å². The summed E-state index contributed by atoms with van der Waals surface area (Å²) in [5.41, 5.74) is 0.549. The molecule has 4 nitrogen and oxygen atoms in total. The van der Waals surface area contributed by atoms with E-state index in [2.05, 4.69) is 5.32 Å². The highest BCUT2D eigenvalue weighted by atomic mass is 19.1. The van der Waals surface area contributed by atoms with Crippen LogP contribution in [0.2, 0.25) is 0 Å². The average molecular weight is 270 g/mol. The van der Waals surface area contributed by atoms with Crippen molar-refractivity contribution in [3.63, 3.8) is 0 Å². The Bertz CT molecular complexity index is 665. The van der Waals surface area contributed by atoms with Gasteiger partial charge in [-0.25, -0.2) is 4.39 Å². The van der Waals surface area contributed by atoms with Crippen molar-refractivity contribution in [1.29, 1.82) is 5.26 Å². The van der Waals surface area contributed by atoms with Gasteiger partial charge in [0, 0.05) is 6.07 Å². The predicted molar refractivity (Wildman–Crippen MR) is 70.3 cm³/mol. The molecule has 0 bridgehead atoms. The van der Waals surface area contributed by atoms with Gasteiger partial charge in [0.25, 0.3) is 5.91 Å². The van der Waals surface area contributed by atoms with Crippen LogP contribution in [0.25, 0.3) is 0 Å². The SMILES string of the molecule is N#CC(NC(=O)c1ccc(F)cc1O)c1ccccc1. The van der Waals surface area contributed by atoms with Gasteiger partial charge in [-0.15, -0.1) is 0 Å². The minimum Gasteiger partial charge on any atom is -0.507 e. The lowest BCUT2D eigenvalue weighted by molar-refractivity contribution is 0.0942. The number of nitrogens with one attached hydrogen (secondary N) is 1. The Morgan fingerprint density at radius 3 is 2.55 bits per heavy atom. The summed E-state index contributed by atoms with van der Waals surface area (Å²) in [6.07, 6.45) is 0. The molecule has 2 N–H and O–H groups in total. The molecular formula is C15H11FN2O2. The van der Waals surface area contributed by atoms with Crippen molar-refractivity contribution in [3.8, 4) is 11.8 Å². The summed E-state index contributed by atoms with van der Waals surface area (Å²) < 4.78 is 12.9. The number of nitriles is 1. The van der Waals surface area contributed by atoms with Gasteiger partial charge in [-0.1, -0.05) is 30.3 Å². The lowest BCUT2D eigenvalue weighted by Gasteiger charge is -2.12. The van der Waals surface area contributed by atoms with Gasteiger partial charge >= 0.3 is 0 Å². The number of carbonyl (C=O) groups excluding carboxylic acids is 1. The molecule has 20 heavy (non-hydrogen) atoms. The number of amides is 1. The summed E-state index contributed by atoms with van der Waals surface area (Å²) >= 11 is 0. The minimum atomic E-state index is -0.840. The normalized spacial score (nSPS) is 11.4. The molecule has 0 aliphatic carbocycles. The number of nitrogens with zero attached hydrogens (tertiary/aromatic N) is 1. The van der Waals surface area contributed by atoms with Gasteiger partial charge in [-0.2, -0.15) is 5.26 Å². The maximum Gasteiger partial charge on any atom is 0.256 e. The van der Waals surface area contributed by atoms with Crippen LogP contribution in [0.1, 0.15) is 22.0 Å². The minimum absolute atomic E-state index is 0.0809. The second kappa shape index (κ2) is 5.85. The molecule has 1 atom stereocenters. The molecule has 2 aromatic carbocycles. The fourth-order valence-electron chi connectivity index (χ4n) is 1.74. The number of phenolic OH excluding ortho intramolecular Hbond substituents is 1. The Hall–Kier alpha value is -2.87. The van der Waals surface area contributed by atoms with Crippen LogP contribution in [-0.2, 0) is 0 Å². The molecule has 2 aromatic rings. The lowest BCUT2D eigenvalue weighted by atomic mass is 10.1. The zero-order chi connectivity index (χ0) is 14.5. The number of rotatable bonds is 3. The van der Waals surface area contributed by atoms with E-state index in [-0.39, 0.29) is 5.56 Å². The third-order valence-electron chi connectivity index (χ3n) is 2.74. The molecular weight excluding hydrogens is 259 g/mol. The summed E-state index contributed by atoms with van der Waals surface area (Å²) in [6, 6.07) is 12.9. The van der Waals surface area contributed by atoms with Crippen LogP contribution >= 0.6 is 0 Å². The Morgan fingerprint density at radius 1 is 1.25 bits per heavy atom. The van der Waals surface area contributed by atoms with Crippen molar-refractivity contribution in [3.05, 3.63) is 65.5 Å². The molecule has 0 heterocycles. The van der Waals surface area contributed by atoms with Gasteiger partial charge in [-0.3, -0.25) is 4.79 Å². The monoisotopic (exact) mass is 270 g/mol. The number of halogens is 1. The first-order valence-electron chi connectivity index (χ1n) is 5.86. The van der Waals surface area contributed by atoms with Crippen molar-refractivity contribution in [2.75, 3.05) is 0 Å². The Kier molecular flexibility index (Phi) is 3.96. The van der Waals surface area contributed by atoms with Crippen molar-refractivity contribution < 1.29 is 14.3 Å². The Labute approximate surface area is 115 Å². The zero-order valence-corrected chi connectivity index (χ0v) is 10.4. The van der Waals surface area contributed by atoms with Gasteiger partial charge < -0.3 is 10.4 Å². The first-order chi connectivity index (χ1) is 9.61. The van der Waals surface area contributed by atoms with E-state index >= 15 is 0 Å². The molecule has 0 radical (unpaired) electrons. The van der Waals surface area contributed by atoms with E-state index in [4.69, 9.17) is 5.26 Å². The molecule has 0 aromatic heterocycles. The molecule has 0 fully saturated rings. The number of carbonyl (C=O) groups is 1. The van der Waals surface area contributed by atoms with E-state index in [0.29, 0.717) is 5.56 Å². The van der Waals surface area contributed by atoms with Crippen molar-refractivity contribution in [2.24, 2.45) is 0 Å². The molecule has 5 heteroatoms. The van der Waals surface area contributed by atoms with E-state index in [1.54, 1.807) is 30.3 Å². The van der Waals surface area contributed by atoms with Crippen molar-refractivity contribution in [2.45, 2.75) is 6.04 Å². The lowest BCUT2D eigenvalue weighted by Crippen LogP contribution is -2.27. The number of phenols is 1. The van der Waals surface area contributed by atoms with Crippen LogP contribution in [0.15, 0.2) is 48.5 Å². The third-order valence-corrected chi connectivity index (χ3v) is 2.74. The zero-order valence-electron chi connectivity index (χ0n) is 10.4. The number of hydrogen-bond donors (Lipinski definition) is 2. The van der Waals surface area contributed by atoms with Crippen LogP contribution in [0.5, 0.6) is 5.75 Å². The van der Waals surface area contributed by atoms with Crippen molar-refractivity contribution >= 4 is 5.91 Å². The molecule has 0 aliphatic heterocycles. The fraction of sp³-hybridized carbons (Fsp3) is 0.0667. The predicted octanol–water partition coefficient (Wildman–Crippen LogP) is 2.53. The highest BCUT2D eigenvalue weighted by Crippen LogP contribution is 2.19. The third kappa shape index (κ3) is 2.93. The second-order valence-corrected chi connectivity index (χ2v) is 4.11. The van der Waals surface area contributed by atoms with E-state index in [1.165, 1.54) is 6.07 Å². The number of hydrogen-bond acceptors (Lipinski definition) is 3.